The summed E-state index contributed by atoms with van der Waals surface area (Å²) in [4.78, 5) is 12.2. The minimum Gasteiger partial charge on any atom is -0.465 e. The van der Waals surface area contributed by atoms with Gasteiger partial charge in [-0.05, 0) is 39.9 Å². The van der Waals surface area contributed by atoms with Crippen LogP contribution >= 0.6 is 27.3 Å². The Hall–Kier alpha value is -0.870. The molecule has 0 fully saturated rings. The number of rotatable bonds is 1. The van der Waals surface area contributed by atoms with Crippen LogP contribution in [0.5, 0.6) is 0 Å². The lowest BCUT2D eigenvalue weighted by Gasteiger charge is -1.95. The Morgan fingerprint density at radius 3 is 2.80 bits per heavy atom. The molecule has 1 aromatic heterocycles. The van der Waals surface area contributed by atoms with E-state index >= 15 is 0 Å². The van der Waals surface area contributed by atoms with Crippen molar-refractivity contribution in [3.05, 3.63) is 33.1 Å². The number of carbonyl (C=O) groups excluding carboxylic acids is 1. The molecule has 0 saturated carbocycles. The summed E-state index contributed by atoms with van der Waals surface area (Å²) in [6, 6.07) is 5.95. The van der Waals surface area contributed by atoms with Gasteiger partial charge >= 0.3 is 5.97 Å². The number of carbonyl (C=O) groups is 1. The fourth-order valence-electron chi connectivity index (χ4n) is 1.50. The molecule has 0 amide bonds. The highest BCUT2D eigenvalue weighted by molar-refractivity contribution is 9.10. The summed E-state index contributed by atoms with van der Waals surface area (Å²) in [5.41, 5.74) is 0.989. The van der Waals surface area contributed by atoms with E-state index in [0.29, 0.717) is 4.88 Å². The van der Waals surface area contributed by atoms with Gasteiger partial charge in [-0.1, -0.05) is 12.1 Å². The molecule has 0 aliphatic carbocycles. The number of methoxy groups -OCH3 is 1. The average molecular weight is 285 g/mol. The molecular weight excluding hydrogens is 276 g/mol. The molecule has 0 atom stereocenters. The molecule has 0 bridgehead atoms. The Morgan fingerprint density at radius 1 is 1.47 bits per heavy atom. The fraction of sp³-hybridized carbons (Fsp3) is 0.182. The summed E-state index contributed by atoms with van der Waals surface area (Å²) in [7, 11) is 1.40. The Morgan fingerprint density at radius 2 is 2.20 bits per heavy atom. The first-order valence-electron chi connectivity index (χ1n) is 4.41. The molecule has 0 aliphatic rings. The molecule has 1 aromatic carbocycles. The van der Waals surface area contributed by atoms with Crippen LogP contribution in [0, 0.1) is 6.92 Å². The van der Waals surface area contributed by atoms with E-state index in [2.05, 4.69) is 15.9 Å². The fourth-order valence-corrected chi connectivity index (χ4v) is 3.24. The van der Waals surface area contributed by atoms with Crippen LogP contribution < -0.4 is 0 Å². The van der Waals surface area contributed by atoms with Crippen LogP contribution in [0.3, 0.4) is 0 Å². The Bertz CT molecular complexity index is 531. The third-order valence-electron chi connectivity index (χ3n) is 2.29. The largest absolute Gasteiger partial charge is 0.465 e. The van der Waals surface area contributed by atoms with Gasteiger partial charge in [-0.3, -0.25) is 0 Å². The lowest BCUT2D eigenvalue weighted by molar-refractivity contribution is 0.0605. The zero-order valence-corrected chi connectivity index (χ0v) is 10.7. The topological polar surface area (TPSA) is 26.3 Å². The van der Waals surface area contributed by atoms with Gasteiger partial charge < -0.3 is 4.74 Å². The first-order valence-corrected chi connectivity index (χ1v) is 6.02. The molecular formula is C11H9BrO2S. The van der Waals surface area contributed by atoms with Crippen molar-refractivity contribution < 1.29 is 9.53 Å². The predicted octanol–water partition coefficient (Wildman–Crippen LogP) is 3.76. The number of aryl methyl sites for hydroxylation is 1. The molecule has 2 nitrogen and oxygen atoms in total. The third kappa shape index (κ3) is 1.68. The lowest BCUT2D eigenvalue weighted by atomic mass is 10.1. The number of ether oxygens (including phenoxy) is 1. The predicted molar refractivity (Wildman–Crippen MR) is 65.6 cm³/mol. The highest BCUT2D eigenvalue weighted by Crippen LogP contribution is 2.35. The monoisotopic (exact) mass is 284 g/mol. The van der Waals surface area contributed by atoms with Gasteiger partial charge in [0.2, 0.25) is 0 Å². The second kappa shape index (κ2) is 3.94. The Balaban J connectivity index is 2.75. The molecule has 0 unspecified atom stereocenters. The molecule has 1 heterocycles. The highest BCUT2D eigenvalue weighted by Gasteiger charge is 2.16. The molecule has 0 spiro atoms. The second-order valence-corrected chi connectivity index (χ2v) is 5.04. The van der Waals surface area contributed by atoms with Crippen LogP contribution in [0.2, 0.25) is 0 Å². The number of thiophene rings is 1. The minimum atomic E-state index is -0.263. The summed E-state index contributed by atoms with van der Waals surface area (Å²) < 4.78 is 6.85. The van der Waals surface area contributed by atoms with Crippen molar-refractivity contribution >= 4 is 43.3 Å². The van der Waals surface area contributed by atoms with Crippen LogP contribution in [-0.2, 0) is 4.74 Å². The third-order valence-corrected chi connectivity index (χ3v) is 4.53. The van der Waals surface area contributed by atoms with Crippen molar-refractivity contribution in [1.29, 1.82) is 0 Å². The SMILES string of the molecule is COC(=O)c1sc2c(Br)cccc2c1C. The van der Waals surface area contributed by atoms with Gasteiger partial charge in [0.05, 0.1) is 7.11 Å². The Kier molecular flexibility index (Phi) is 2.80. The van der Waals surface area contributed by atoms with Gasteiger partial charge in [-0.15, -0.1) is 11.3 Å². The van der Waals surface area contributed by atoms with Crippen molar-refractivity contribution in [1.82, 2.24) is 0 Å². The second-order valence-electron chi connectivity index (χ2n) is 3.16. The van der Waals surface area contributed by atoms with Crippen LogP contribution in [-0.4, -0.2) is 13.1 Å². The van der Waals surface area contributed by atoms with E-state index in [9.17, 15) is 4.79 Å². The quantitative estimate of drug-likeness (QED) is 0.746. The van der Waals surface area contributed by atoms with Crippen LogP contribution in [0.25, 0.3) is 10.1 Å². The lowest BCUT2D eigenvalue weighted by Crippen LogP contribution is -1.99. The molecule has 78 valence electrons. The van der Waals surface area contributed by atoms with Crippen LogP contribution in [0.15, 0.2) is 22.7 Å². The minimum absolute atomic E-state index is 0.263. The molecule has 0 N–H and O–H groups in total. The molecule has 2 aromatic rings. The Labute approximate surface area is 100.0 Å². The molecule has 2 rings (SSSR count). The normalized spacial score (nSPS) is 10.6. The van der Waals surface area contributed by atoms with E-state index in [1.165, 1.54) is 18.4 Å². The van der Waals surface area contributed by atoms with Gasteiger partial charge in [-0.25, -0.2) is 4.79 Å². The van der Waals surface area contributed by atoms with E-state index in [0.717, 1.165) is 20.1 Å². The standard InChI is InChI=1S/C11H9BrO2S/c1-6-7-4-3-5-8(12)10(7)15-9(6)11(13)14-2/h3-5H,1-2H3. The van der Waals surface area contributed by atoms with E-state index in [4.69, 9.17) is 4.74 Å². The smallest absolute Gasteiger partial charge is 0.348 e. The van der Waals surface area contributed by atoms with E-state index in [1.54, 1.807) is 0 Å². The molecule has 4 heteroatoms. The maximum Gasteiger partial charge on any atom is 0.348 e. The van der Waals surface area contributed by atoms with Crippen molar-refractivity contribution in [3.63, 3.8) is 0 Å². The number of halogens is 1. The summed E-state index contributed by atoms with van der Waals surface area (Å²) in [5, 5.41) is 1.11. The van der Waals surface area contributed by atoms with Gasteiger partial charge in [0.25, 0.3) is 0 Å². The number of esters is 1. The van der Waals surface area contributed by atoms with Crippen LogP contribution in [0.1, 0.15) is 15.2 Å². The van der Waals surface area contributed by atoms with Gasteiger partial charge in [0, 0.05) is 9.17 Å². The summed E-state index contributed by atoms with van der Waals surface area (Å²) in [6.07, 6.45) is 0. The van der Waals surface area contributed by atoms with E-state index in [-0.39, 0.29) is 5.97 Å². The maximum absolute atomic E-state index is 11.5. The van der Waals surface area contributed by atoms with Gasteiger partial charge in [-0.2, -0.15) is 0 Å². The highest BCUT2D eigenvalue weighted by atomic mass is 79.9. The zero-order valence-electron chi connectivity index (χ0n) is 8.33. The van der Waals surface area contributed by atoms with E-state index in [1.807, 2.05) is 25.1 Å². The molecule has 0 saturated heterocycles. The van der Waals surface area contributed by atoms with Crippen molar-refractivity contribution in [2.24, 2.45) is 0 Å². The molecule has 15 heavy (non-hydrogen) atoms. The average Bonchev–Trinajstić information content (AvgIpc) is 2.57. The summed E-state index contributed by atoms with van der Waals surface area (Å²) in [6.45, 7) is 1.94. The maximum atomic E-state index is 11.5. The number of benzene rings is 1. The van der Waals surface area contributed by atoms with E-state index < -0.39 is 0 Å². The zero-order chi connectivity index (χ0) is 11.0. The van der Waals surface area contributed by atoms with Crippen molar-refractivity contribution in [2.45, 2.75) is 6.92 Å². The summed E-state index contributed by atoms with van der Waals surface area (Å²) in [5.74, 6) is -0.263. The molecule has 0 radical (unpaired) electrons. The molecule has 0 aliphatic heterocycles. The van der Waals surface area contributed by atoms with Crippen molar-refractivity contribution in [3.8, 4) is 0 Å². The van der Waals surface area contributed by atoms with Crippen molar-refractivity contribution in [2.75, 3.05) is 7.11 Å². The number of hydrogen-bond acceptors (Lipinski definition) is 3. The first-order chi connectivity index (χ1) is 7.15. The van der Waals surface area contributed by atoms with Gasteiger partial charge in [0.15, 0.2) is 0 Å². The number of hydrogen-bond donors (Lipinski definition) is 0. The summed E-state index contributed by atoms with van der Waals surface area (Å²) >= 11 is 4.94. The number of fused-ring (bicyclic) bond motifs is 1. The van der Waals surface area contributed by atoms with Gasteiger partial charge in [0.1, 0.15) is 4.88 Å². The first kappa shape index (κ1) is 10.6. The van der Waals surface area contributed by atoms with Crippen LogP contribution in [0.4, 0.5) is 0 Å².